The van der Waals surface area contributed by atoms with Crippen LogP contribution in [0.1, 0.15) is 0 Å². The number of hydrogen-bond donors (Lipinski definition) is 2. The number of rotatable bonds is 0. The molecule has 4 aromatic rings. The smallest absolute Gasteiger partial charge is 0.0400 e. The molecule has 0 saturated carbocycles. The molecule has 0 amide bonds. The second-order valence-electron chi connectivity index (χ2n) is 5.19. The van der Waals surface area contributed by atoms with Crippen molar-refractivity contribution in [2.75, 3.05) is 11.5 Å². The van der Waals surface area contributed by atoms with Gasteiger partial charge in [-0.15, -0.1) is 0 Å². The molecular formula is C18H14N2. The van der Waals surface area contributed by atoms with Gasteiger partial charge in [0.15, 0.2) is 0 Å². The molecule has 0 unspecified atom stereocenters. The largest absolute Gasteiger partial charge is 0.399 e. The molecule has 2 nitrogen and oxygen atoms in total. The molecule has 20 heavy (non-hydrogen) atoms. The Bertz CT molecular complexity index is 971. The quantitative estimate of drug-likeness (QED) is 0.280. The summed E-state index contributed by atoms with van der Waals surface area (Å²) >= 11 is 0. The molecule has 4 aromatic carbocycles. The van der Waals surface area contributed by atoms with Crippen molar-refractivity contribution in [3.8, 4) is 0 Å². The number of fused-ring (bicyclic) bond motifs is 4. The zero-order valence-corrected chi connectivity index (χ0v) is 10.9. The molecule has 0 aliphatic rings. The molecule has 0 radical (unpaired) electrons. The van der Waals surface area contributed by atoms with E-state index in [1.807, 2.05) is 30.3 Å². The molecule has 0 aliphatic heterocycles. The van der Waals surface area contributed by atoms with Crippen LogP contribution in [0, 0.1) is 0 Å². The Kier molecular flexibility index (Phi) is 2.15. The van der Waals surface area contributed by atoms with Crippen molar-refractivity contribution in [2.24, 2.45) is 0 Å². The topological polar surface area (TPSA) is 52.0 Å². The van der Waals surface area contributed by atoms with E-state index in [4.69, 9.17) is 11.5 Å². The van der Waals surface area contributed by atoms with E-state index in [0.717, 1.165) is 32.9 Å². The van der Waals surface area contributed by atoms with Crippen LogP contribution in [0.3, 0.4) is 0 Å². The molecule has 0 bridgehead atoms. The first-order valence-corrected chi connectivity index (χ1v) is 6.62. The summed E-state index contributed by atoms with van der Waals surface area (Å²) in [5.74, 6) is 0. The van der Waals surface area contributed by atoms with Gasteiger partial charge in [0.2, 0.25) is 0 Å². The van der Waals surface area contributed by atoms with E-state index in [9.17, 15) is 0 Å². The fraction of sp³-hybridized carbons (Fsp3) is 0. The van der Waals surface area contributed by atoms with E-state index in [1.165, 1.54) is 10.8 Å². The van der Waals surface area contributed by atoms with Gasteiger partial charge in [0.25, 0.3) is 0 Å². The zero-order valence-electron chi connectivity index (χ0n) is 10.9. The zero-order chi connectivity index (χ0) is 13.7. The molecular weight excluding hydrogens is 244 g/mol. The summed E-state index contributed by atoms with van der Waals surface area (Å²) in [6.45, 7) is 0. The van der Waals surface area contributed by atoms with E-state index in [1.54, 1.807) is 0 Å². The maximum absolute atomic E-state index is 6.22. The minimum atomic E-state index is 0.775. The van der Waals surface area contributed by atoms with Crippen molar-refractivity contribution in [3.05, 3.63) is 60.7 Å². The van der Waals surface area contributed by atoms with Crippen LogP contribution in [0.15, 0.2) is 60.7 Å². The first-order valence-electron chi connectivity index (χ1n) is 6.62. The van der Waals surface area contributed by atoms with Crippen LogP contribution in [0.25, 0.3) is 32.3 Å². The standard InChI is InChI=1S/C18H14N2/c19-14-6-5-13-9-18(20)17-8-12-4-2-1-3-11(12)7-16(17)15(13)10-14/h1-10H,19-20H2. The highest BCUT2D eigenvalue weighted by atomic mass is 14.6. The maximum atomic E-state index is 6.22. The highest BCUT2D eigenvalue weighted by Crippen LogP contribution is 2.34. The van der Waals surface area contributed by atoms with Crippen LogP contribution in [0.2, 0.25) is 0 Å². The molecule has 4 N–H and O–H groups in total. The molecule has 0 atom stereocenters. The molecule has 4 rings (SSSR count). The van der Waals surface area contributed by atoms with E-state index in [0.29, 0.717) is 0 Å². The van der Waals surface area contributed by atoms with Crippen LogP contribution < -0.4 is 11.5 Å². The first-order chi connectivity index (χ1) is 9.72. The van der Waals surface area contributed by atoms with Crippen LogP contribution in [-0.4, -0.2) is 0 Å². The molecule has 0 saturated heterocycles. The Morgan fingerprint density at radius 2 is 1.25 bits per heavy atom. The Hall–Kier alpha value is -2.74. The predicted octanol–water partition coefficient (Wildman–Crippen LogP) is 4.31. The third-order valence-corrected chi connectivity index (χ3v) is 3.88. The van der Waals surface area contributed by atoms with Gasteiger partial charge in [-0.2, -0.15) is 0 Å². The second kappa shape index (κ2) is 3.87. The van der Waals surface area contributed by atoms with Gasteiger partial charge in [-0.25, -0.2) is 0 Å². The fourth-order valence-electron chi connectivity index (χ4n) is 2.88. The van der Waals surface area contributed by atoms with Crippen molar-refractivity contribution >= 4 is 43.7 Å². The summed E-state index contributed by atoms with van der Waals surface area (Å²) in [5, 5.41) is 6.94. The molecule has 0 fully saturated rings. The molecule has 0 aliphatic carbocycles. The lowest BCUT2D eigenvalue weighted by atomic mass is 9.97. The Morgan fingerprint density at radius 1 is 0.550 bits per heavy atom. The van der Waals surface area contributed by atoms with E-state index in [-0.39, 0.29) is 0 Å². The monoisotopic (exact) mass is 258 g/mol. The summed E-state index contributed by atoms with van der Waals surface area (Å²) < 4.78 is 0. The van der Waals surface area contributed by atoms with Crippen LogP contribution in [0.4, 0.5) is 11.4 Å². The normalized spacial score (nSPS) is 11.4. The average molecular weight is 258 g/mol. The van der Waals surface area contributed by atoms with Crippen LogP contribution in [-0.2, 0) is 0 Å². The minimum Gasteiger partial charge on any atom is -0.399 e. The van der Waals surface area contributed by atoms with Gasteiger partial charge in [0.1, 0.15) is 0 Å². The summed E-state index contributed by atoms with van der Waals surface area (Å²) in [6.07, 6.45) is 0. The van der Waals surface area contributed by atoms with Gasteiger partial charge in [-0.1, -0.05) is 30.3 Å². The lowest BCUT2D eigenvalue weighted by Gasteiger charge is -2.10. The van der Waals surface area contributed by atoms with Gasteiger partial charge in [-0.05, 0) is 57.3 Å². The van der Waals surface area contributed by atoms with Crippen molar-refractivity contribution < 1.29 is 0 Å². The summed E-state index contributed by atoms with van der Waals surface area (Å²) in [7, 11) is 0. The lowest BCUT2D eigenvalue weighted by molar-refractivity contribution is 1.74. The molecule has 2 heteroatoms. The van der Waals surface area contributed by atoms with Crippen molar-refractivity contribution in [1.82, 2.24) is 0 Å². The third kappa shape index (κ3) is 1.51. The van der Waals surface area contributed by atoms with Crippen molar-refractivity contribution in [2.45, 2.75) is 0 Å². The summed E-state index contributed by atoms with van der Waals surface area (Å²) in [6, 6.07) is 20.7. The minimum absolute atomic E-state index is 0.775. The third-order valence-electron chi connectivity index (χ3n) is 3.88. The number of nitrogen functional groups attached to an aromatic ring is 2. The molecule has 96 valence electrons. The van der Waals surface area contributed by atoms with Crippen LogP contribution >= 0.6 is 0 Å². The average Bonchev–Trinajstić information content (AvgIpc) is 2.47. The van der Waals surface area contributed by atoms with Gasteiger partial charge in [-0.3, -0.25) is 0 Å². The van der Waals surface area contributed by atoms with E-state index >= 15 is 0 Å². The van der Waals surface area contributed by atoms with Crippen molar-refractivity contribution in [1.29, 1.82) is 0 Å². The SMILES string of the molecule is Nc1ccc2cc(N)c3cc4ccccc4cc3c2c1. The van der Waals surface area contributed by atoms with Crippen molar-refractivity contribution in [3.63, 3.8) is 0 Å². The molecule has 0 heterocycles. The van der Waals surface area contributed by atoms with Gasteiger partial charge < -0.3 is 11.5 Å². The highest BCUT2D eigenvalue weighted by Gasteiger charge is 2.06. The maximum Gasteiger partial charge on any atom is 0.0400 e. The van der Waals surface area contributed by atoms with E-state index in [2.05, 4.69) is 30.3 Å². The summed E-state index contributed by atoms with van der Waals surface area (Å²) in [5.41, 5.74) is 13.7. The number of hydrogen-bond acceptors (Lipinski definition) is 2. The Morgan fingerprint density at radius 3 is 2.00 bits per heavy atom. The predicted molar refractivity (Wildman–Crippen MR) is 87.8 cm³/mol. The number of benzene rings is 4. The molecule has 0 spiro atoms. The Balaban J connectivity index is 2.29. The lowest BCUT2D eigenvalue weighted by Crippen LogP contribution is -1.90. The number of anilines is 2. The fourth-order valence-corrected chi connectivity index (χ4v) is 2.88. The van der Waals surface area contributed by atoms with Crippen LogP contribution in [0.5, 0.6) is 0 Å². The van der Waals surface area contributed by atoms with Gasteiger partial charge in [0.05, 0.1) is 0 Å². The molecule has 0 aromatic heterocycles. The van der Waals surface area contributed by atoms with Gasteiger partial charge in [0, 0.05) is 16.8 Å². The Labute approximate surface area is 116 Å². The van der Waals surface area contributed by atoms with E-state index < -0.39 is 0 Å². The summed E-state index contributed by atoms with van der Waals surface area (Å²) in [4.78, 5) is 0. The number of nitrogens with two attached hydrogens (primary N) is 2. The van der Waals surface area contributed by atoms with Gasteiger partial charge >= 0.3 is 0 Å². The highest BCUT2D eigenvalue weighted by molar-refractivity contribution is 6.16. The first kappa shape index (κ1) is 11.1. The second-order valence-corrected chi connectivity index (χ2v) is 5.19.